The summed E-state index contributed by atoms with van der Waals surface area (Å²) in [7, 11) is -2.65. The van der Waals surface area contributed by atoms with Gasteiger partial charge in [0, 0.05) is 5.02 Å². The van der Waals surface area contributed by atoms with Crippen LogP contribution in [0.1, 0.15) is 13.8 Å². The quantitative estimate of drug-likeness (QED) is 0.793. The molecule has 0 atom stereocenters. The van der Waals surface area contributed by atoms with E-state index in [0.717, 1.165) is 7.11 Å². The van der Waals surface area contributed by atoms with E-state index >= 15 is 0 Å². The van der Waals surface area contributed by atoms with Crippen molar-refractivity contribution in [2.24, 2.45) is 0 Å². The number of hydrogen-bond donors (Lipinski definition) is 0. The zero-order chi connectivity index (χ0) is 13.3. The summed E-state index contributed by atoms with van der Waals surface area (Å²) in [6.45, 7) is 2.62. The monoisotopic (exact) mass is 276 g/mol. The maximum Gasteiger partial charge on any atom is 0.327 e. The third-order valence-corrected chi connectivity index (χ3v) is 5.13. The molecule has 0 aliphatic rings. The van der Waals surface area contributed by atoms with Gasteiger partial charge in [-0.1, -0.05) is 11.6 Å². The fourth-order valence-electron chi connectivity index (χ4n) is 1.26. The molecule has 0 unspecified atom stereocenters. The second-order valence-corrected chi connectivity index (χ2v) is 6.89. The minimum Gasteiger partial charge on any atom is -0.468 e. The summed E-state index contributed by atoms with van der Waals surface area (Å²) in [5.74, 6) is -0.799. The van der Waals surface area contributed by atoms with Gasteiger partial charge in [-0.25, -0.2) is 8.42 Å². The summed E-state index contributed by atoms with van der Waals surface area (Å²) in [4.78, 5) is 11.5. The molecule has 1 aromatic carbocycles. The van der Waals surface area contributed by atoms with Crippen molar-refractivity contribution in [3.63, 3.8) is 0 Å². The third kappa shape index (κ3) is 2.45. The first-order valence-corrected chi connectivity index (χ1v) is 6.68. The normalized spacial score (nSPS) is 12.2. The lowest BCUT2D eigenvalue weighted by Crippen LogP contribution is -2.41. The first-order chi connectivity index (χ1) is 7.73. The Bertz CT molecular complexity index is 517. The van der Waals surface area contributed by atoms with Crippen molar-refractivity contribution in [1.29, 1.82) is 0 Å². The summed E-state index contributed by atoms with van der Waals surface area (Å²) >= 11 is 5.68. The van der Waals surface area contributed by atoms with Gasteiger partial charge in [-0.05, 0) is 38.1 Å². The minimum absolute atomic E-state index is 0.0392. The minimum atomic E-state index is -3.80. The highest BCUT2D eigenvalue weighted by molar-refractivity contribution is 7.93. The summed E-state index contributed by atoms with van der Waals surface area (Å²) in [6, 6.07) is 5.65. The van der Waals surface area contributed by atoms with Crippen molar-refractivity contribution in [1.82, 2.24) is 0 Å². The van der Waals surface area contributed by atoms with Crippen LogP contribution < -0.4 is 0 Å². The number of ether oxygens (including phenoxy) is 1. The first-order valence-electron chi connectivity index (χ1n) is 4.82. The molecule has 0 saturated carbocycles. The van der Waals surface area contributed by atoms with Gasteiger partial charge < -0.3 is 4.74 Å². The molecule has 0 fully saturated rings. The third-order valence-electron chi connectivity index (χ3n) is 2.47. The predicted molar refractivity (Wildman–Crippen MR) is 64.7 cm³/mol. The Balaban J connectivity index is 3.29. The van der Waals surface area contributed by atoms with E-state index in [4.69, 9.17) is 11.6 Å². The summed E-state index contributed by atoms with van der Waals surface area (Å²) in [6.07, 6.45) is 0. The van der Waals surface area contributed by atoms with Crippen molar-refractivity contribution in [2.45, 2.75) is 23.5 Å². The molecule has 0 amide bonds. The van der Waals surface area contributed by atoms with Gasteiger partial charge in [-0.3, -0.25) is 4.79 Å². The van der Waals surface area contributed by atoms with Gasteiger partial charge >= 0.3 is 5.97 Å². The number of carbonyl (C=O) groups is 1. The summed E-state index contributed by atoms with van der Waals surface area (Å²) in [5.41, 5.74) is 0. The average Bonchev–Trinajstić information content (AvgIpc) is 2.28. The zero-order valence-electron chi connectivity index (χ0n) is 9.73. The van der Waals surface area contributed by atoms with Gasteiger partial charge in [0.05, 0.1) is 12.0 Å². The van der Waals surface area contributed by atoms with Crippen LogP contribution in [0.5, 0.6) is 0 Å². The zero-order valence-corrected chi connectivity index (χ0v) is 11.3. The highest BCUT2D eigenvalue weighted by Crippen LogP contribution is 2.27. The van der Waals surface area contributed by atoms with Crippen molar-refractivity contribution in [3.8, 4) is 0 Å². The lowest BCUT2D eigenvalue weighted by molar-refractivity contribution is -0.142. The second kappa shape index (κ2) is 4.66. The summed E-state index contributed by atoms with van der Waals surface area (Å²) in [5, 5.41) is 0.430. The van der Waals surface area contributed by atoms with Crippen LogP contribution in [0.25, 0.3) is 0 Å². The SMILES string of the molecule is COC(=O)C(C)(C)S(=O)(=O)c1ccc(Cl)cc1. The fourth-order valence-corrected chi connectivity index (χ4v) is 2.78. The number of hydrogen-bond acceptors (Lipinski definition) is 4. The van der Waals surface area contributed by atoms with Crippen molar-refractivity contribution < 1.29 is 17.9 Å². The van der Waals surface area contributed by atoms with Crippen molar-refractivity contribution in [3.05, 3.63) is 29.3 Å². The van der Waals surface area contributed by atoms with E-state index in [1.807, 2.05) is 0 Å². The van der Waals surface area contributed by atoms with Crippen LogP contribution >= 0.6 is 11.6 Å². The van der Waals surface area contributed by atoms with E-state index in [1.165, 1.54) is 38.1 Å². The van der Waals surface area contributed by atoms with Gasteiger partial charge in [-0.15, -0.1) is 0 Å². The molecule has 1 rings (SSSR count). The number of carbonyl (C=O) groups excluding carboxylic acids is 1. The molecule has 1 aromatic rings. The lowest BCUT2D eigenvalue weighted by Gasteiger charge is -2.21. The molecule has 0 N–H and O–H groups in total. The van der Waals surface area contributed by atoms with Crippen LogP contribution in [0, 0.1) is 0 Å². The van der Waals surface area contributed by atoms with Gasteiger partial charge in [-0.2, -0.15) is 0 Å². The molecular formula is C11H13ClO4S. The maximum atomic E-state index is 12.2. The van der Waals surface area contributed by atoms with E-state index in [0.29, 0.717) is 5.02 Å². The van der Waals surface area contributed by atoms with Crippen LogP contribution in [0.3, 0.4) is 0 Å². The van der Waals surface area contributed by atoms with Gasteiger partial charge in [0.25, 0.3) is 0 Å². The van der Waals surface area contributed by atoms with E-state index in [-0.39, 0.29) is 4.90 Å². The Morgan fingerprint density at radius 3 is 2.12 bits per heavy atom. The lowest BCUT2D eigenvalue weighted by atomic mass is 10.2. The molecule has 0 radical (unpaired) electrons. The predicted octanol–water partition coefficient (Wildman–Crippen LogP) is 2.07. The molecule has 4 nitrogen and oxygen atoms in total. The number of rotatable bonds is 3. The Kier molecular flexibility index (Phi) is 3.84. The molecule has 0 heterocycles. The fraction of sp³-hybridized carbons (Fsp3) is 0.364. The van der Waals surface area contributed by atoms with E-state index in [9.17, 15) is 13.2 Å². The number of sulfone groups is 1. The topological polar surface area (TPSA) is 60.4 Å². The Hall–Kier alpha value is -1.07. The van der Waals surface area contributed by atoms with Crippen LogP contribution in [-0.4, -0.2) is 26.2 Å². The number of methoxy groups -OCH3 is 1. The maximum absolute atomic E-state index is 12.2. The molecule has 0 spiro atoms. The molecule has 0 bridgehead atoms. The highest BCUT2D eigenvalue weighted by Gasteiger charge is 2.43. The molecule has 6 heteroatoms. The number of benzene rings is 1. The molecule has 0 aromatic heterocycles. The Morgan fingerprint density at radius 2 is 1.71 bits per heavy atom. The van der Waals surface area contributed by atoms with Gasteiger partial charge in [0.15, 0.2) is 14.6 Å². The van der Waals surface area contributed by atoms with Crippen molar-refractivity contribution >= 4 is 27.4 Å². The largest absolute Gasteiger partial charge is 0.468 e. The summed E-state index contributed by atoms with van der Waals surface area (Å²) < 4.78 is 27.3. The van der Waals surface area contributed by atoms with E-state index in [2.05, 4.69) is 4.74 Å². The number of esters is 1. The van der Waals surface area contributed by atoms with Crippen LogP contribution in [-0.2, 0) is 19.4 Å². The smallest absolute Gasteiger partial charge is 0.327 e. The number of halogens is 1. The molecule has 0 saturated heterocycles. The molecule has 0 aliphatic carbocycles. The Morgan fingerprint density at radius 1 is 1.24 bits per heavy atom. The van der Waals surface area contributed by atoms with Gasteiger partial charge in [0.2, 0.25) is 0 Å². The van der Waals surface area contributed by atoms with E-state index in [1.54, 1.807) is 0 Å². The standard InChI is InChI=1S/C11H13ClO4S/c1-11(2,10(13)16-3)17(14,15)9-6-4-8(12)5-7-9/h4-7H,1-3H3. The van der Waals surface area contributed by atoms with Crippen LogP contribution in [0.15, 0.2) is 29.2 Å². The van der Waals surface area contributed by atoms with E-state index < -0.39 is 20.6 Å². The molecule has 17 heavy (non-hydrogen) atoms. The van der Waals surface area contributed by atoms with Crippen molar-refractivity contribution in [2.75, 3.05) is 7.11 Å². The van der Waals surface area contributed by atoms with Crippen LogP contribution in [0.2, 0.25) is 5.02 Å². The van der Waals surface area contributed by atoms with Crippen LogP contribution in [0.4, 0.5) is 0 Å². The second-order valence-electron chi connectivity index (χ2n) is 3.96. The van der Waals surface area contributed by atoms with Gasteiger partial charge in [0.1, 0.15) is 0 Å². The highest BCUT2D eigenvalue weighted by atomic mass is 35.5. The molecular weight excluding hydrogens is 264 g/mol. The Labute approximate surface area is 105 Å². The first kappa shape index (κ1) is 14.0. The average molecular weight is 277 g/mol. The molecule has 94 valence electrons. The molecule has 0 aliphatic heterocycles.